The van der Waals surface area contributed by atoms with Gasteiger partial charge in [-0.2, -0.15) is 4.31 Å². The van der Waals surface area contributed by atoms with E-state index in [1.807, 2.05) is 30.9 Å². The van der Waals surface area contributed by atoms with E-state index in [1.54, 1.807) is 0 Å². The average molecular weight is 594 g/mol. The second-order valence-corrected chi connectivity index (χ2v) is 13.7. The molecule has 2 aromatic rings. The van der Waals surface area contributed by atoms with Crippen molar-refractivity contribution in [3.8, 4) is 5.75 Å². The fourth-order valence-electron chi connectivity index (χ4n) is 5.54. The molecule has 0 aliphatic carbocycles. The minimum absolute atomic E-state index is 0.107. The summed E-state index contributed by atoms with van der Waals surface area (Å²) in [6.07, 6.45) is 9.46. The lowest BCUT2D eigenvalue weighted by atomic mass is 9.64. The zero-order valence-corrected chi connectivity index (χ0v) is 23.8. The van der Waals surface area contributed by atoms with Crippen molar-refractivity contribution < 1.29 is 42.5 Å². The molecule has 1 aromatic heterocycles. The molecule has 38 heavy (non-hydrogen) atoms. The van der Waals surface area contributed by atoms with Gasteiger partial charge >= 0.3 is 15.6 Å². The van der Waals surface area contributed by atoms with Crippen molar-refractivity contribution in [2.24, 2.45) is 11.3 Å². The van der Waals surface area contributed by atoms with E-state index in [0.717, 1.165) is 44.1 Å². The first-order valence-corrected chi connectivity index (χ1v) is 15.7. The van der Waals surface area contributed by atoms with E-state index in [4.69, 9.17) is 40.6 Å². The molecule has 12 nitrogen and oxygen atoms in total. The van der Waals surface area contributed by atoms with Crippen LogP contribution < -0.4 is 4.74 Å². The molecule has 0 radical (unpaired) electrons. The van der Waals surface area contributed by atoms with Crippen molar-refractivity contribution in [2.45, 2.75) is 51.4 Å². The number of benzene rings is 1. The van der Waals surface area contributed by atoms with Gasteiger partial charge in [0.2, 0.25) is 0 Å². The fourth-order valence-corrected chi connectivity index (χ4v) is 6.81. The summed E-state index contributed by atoms with van der Waals surface area (Å²) in [5.74, 6) is 1.25. The molecule has 2 fully saturated rings. The predicted molar refractivity (Wildman–Crippen MR) is 138 cm³/mol. The number of nitrogens with zero attached hydrogens (tertiary/aromatic N) is 3. The van der Waals surface area contributed by atoms with Gasteiger partial charge in [-0.05, 0) is 63.7 Å². The number of hydrogen-bond donors (Lipinski definition) is 4. The molecule has 1 aromatic carbocycles. The molecule has 0 amide bonds. The van der Waals surface area contributed by atoms with Crippen LogP contribution in [0.1, 0.15) is 44.8 Å². The Morgan fingerprint density at radius 3 is 2.39 bits per heavy atom. The van der Waals surface area contributed by atoms with Gasteiger partial charge in [-0.25, -0.2) is 14.1 Å². The number of hydrogen-bond acceptors (Lipinski definition) is 7. The maximum atomic E-state index is 9.63. The Balaban J connectivity index is 0.000000323. The van der Waals surface area contributed by atoms with Gasteiger partial charge < -0.3 is 38.5 Å². The van der Waals surface area contributed by atoms with Crippen molar-refractivity contribution in [3.05, 3.63) is 47.5 Å². The maximum absolute atomic E-state index is 9.63. The van der Waals surface area contributed by atoms with Crippen LogP contribution in [0, 0.1) is 11.3 Å². The summed E-state index contributed by atoms with van der Waals surface area (Å²) in [4.78, 5) is 37.7. The number of imidazole rings is 1. The molecule has 15 heteroatoms. The molecule has 212 valence electrons. The largest absolute Gasteiger partial charge is 0.487 e. The number of ether oxygens (including phenoxy) is 2. The Morgan fingerprint density at radius 2 is 1.82 bits per heavy atom. The predicted octanol–water partition coefficient (Wildman–Crippen LogP) is 3.76. The van der Waals surface area contributed by atoms with Crippen LogP contribution in [0.3, 0.4) is 0 Å². The lowest BCUT2D eigenvalue weighted by Crippen LogP contribution is -2.54. The van der Waals surface area contributed by atoms with E-state index in [9.17, 15) is 9.13 Å². The van der Waals surface area contributed by atoms with Gasteiger partial charge in [0.25, 0.3) is 0 Å². The van der Waals surface area contributed by atoms with Crippen LogP contribution in [0.25, 0.3) is 0 Å². The van der Waals surface area contributed by atoms with Gasteiger partial charge in [-0.15, -0.1) is 0 Å². The fraction of sp³-hybridized carbons (Fsp3) is 0.609. The van der Waals surface area contributed by atoms with Gasteiger partial charge in [-0.3, -0.25) is 0 Å². The highest BCUT2D eigenvalue weighted by atomic mass is 35.5. The SMILES string of the molecule is CC1(C)Oc2cc(Cl)ccc2[C@@H]2OCC3(CCN(CCn4ccnc4)CC3)C[C@H]21.O=P(O)(O)OP(=O)(O)O. The quantitative estimate of drug-likeness (QED) is 0.373. The third-order valence-electron chi connectivity index (χ3n) is 7.50. The summed E-state index contributed by atoms with van der Waals surface area (Å²) in [5.41, 5.74) is 1.18. The number of aromatic nitrogens is 2. The highest BCUT2D eigenvalue weighted by molar-refractivity contribution is 7.60. The molecule has 2 atom stereocenters. The second kappa shape index (κ2) is 11.3. The van der Waals surface area contributed by atoms with Gasteiger partial charge in [0.15, 0.2) is 0 Å². The van der Waals surface area contributed by atoms with E-state index < -0.39 is 15.6 Å². The smallest absolute Gasteiger partial charge is 0.478 e. The molecule has 1 spiro atoms. The van der Waals surface area contributed by atoms with E-state index in [1.165, 1.54) is 19.3 Å². The number of fused-ring (bicyclic) bond motifs is 3. The Labute approximate surface area is 226 Å². The zero-order chi connectivity index (χ0) is 27.8. The van der Waals surface area contributed by atoms with E-state index in [2.05, 4.69) is 38.7 Å². The average Bonchev–Trinajstić information content (AvgIpc) is 3.30. The summed E-state index contributed by atoms with van der Waals surface area (Å²) in [7, 11) is -10.1. The van der Waals surface area contributed by atoms with Gasteiger partial charge in [-0.1, -0.05) is 17.7 Å². The number of halogens is 1. The first-order valence-electron chi connectivity index (χ1n) is 12.3. The number of phosphoric acid groups is 2. The summed E-state index contributed by atoms with van der Waals surface area (Å²) in [6, 6.07) is 5.97. The molecule has 0 unspecified atom stereocenters. The molecule has 0 saturated carbocycles. The van der Waals surface area contributed by atoms with Gasteiger partial charge in [0, 0.05) is 42.0 Å². The maximum Gasteiger partial charge on any atom is 0.478 e. The molecule has 3 aliphatic heterocycles. The molecule has 4 N–H and O–H groups in total. The van der Waals surface area contributed by atoms with Crippen LogP contribution in [0.15, 0.2) is 36.9 Å². The molecule has 2 saturated heterocycles. The third kappa shape index (κ3) is 7.67. The first kappa shape index (κ1) is 29.7. The molecule has 5 rings (SSSR count). The third-order valence-corrected chi connectivity index (χ3v) is 9.44. The molecular formula is C23H34ClN3O9P2. The van der Waals surface area contributed by atoms with Crippen molar-refractivity contribution in [1.29, 1.82) is 0 Å². The summed E-state index contributed by atoms with van der Waals surface area (Å²) >= 11 is 6.20. The molecule has 3 aliphatic rings. The Kier molecular flexibility index (Phi) is 8.82. The van der Waals surface area contributed by atoms with Crippen LogP contribution in [0.2, 0.25) is 5.02 Å². The van der Waals surface area contributed by atoms with Crippen LogP contribution >= 0.6 is 27.2 Å². The zero-order valence-electron chi connectivity index (χ0n) is 21.2. The minimum Gasteiger partial charge on any atom is -0.487 e. The van der Waals surface area contributed by atoms with E-state index in [-0.39, 0.29) is 17.1 Å². The highest BCUT2D eigenvalue weighted by Gasteiger charge is 2.52. The van der Waals surface area contributed by atoms with Crippen molar-refractivity contribution in [3.63, 3.8) is 0 Å². The van der Waals surface area contributed by atoms with Crippen LogP contribution in [-0.2, 0) is 24.7 Å². The topological polar surface area (TPSA) is 164 Å². The highest BCUT2D eigenvalue weighted by Crippen LogP contribution is 2.56. The minimum atomic E-state index is -5.05. The lowest BCUT2D eigenvalue weighted by Gasteiger charge is -2.54. The van der Waals surface area contributed by atoms with Crippen molar-refractivity contribution in [1.82, 2.24) is 14.5 Å². The Morgan fingerprint density at radius 1 is 1.13 bits per heavy atom. The standard InChI is InChI=1S/C23H30ClN3O2.H4O7P2/c1-22(2)19-14-23(5-8-26(9-6-23)11-12-27-10-7-25-16-27)15-28-21(19)18-4-3-17(24)13-20(18)29-22;1-8(2,3)7-9(4,5)6/h3-4,7,10,13,16,19,21H,5-6,8-9,11-12,14-15H2,1-2H3;(H2,1,2,3)(H2,4,5,6)/t19-,21+;/m1./s1. The molecular weight excluding hydrogens is 560 g/mol. The Bertz CT molecular complexity index is 1170. The van der Waals surface area contributed by atoms with Crippen molar-refractivity contribution >= 4 is 27.2 Å². The van der Waals surface area contributed by atoms with Gasteiger partial charge in [0.05, 0.1) is 19.0 Å². The first-order chi connectivity index (χ1) is 17.6. The second-order valence-electron chi connectivity index (χ2n) is 10.6. The normalized spacial score (nSPS) is 24.5. The Hall–Kier alpha value is -1.30. The van der Waals surface area contributed by atoms with Crippen molar-refractivity contribution in [2.75, 3.05) is 26.2 Å². The van der Waals surface area contributed by atoms with Crippen LogP contribution in [-0.4, -0.2) is 65.9 Å². The number of likely N-dealkylation sites (tertiary alicyclic amines) is 1. The van der Waals surface area contributed by atoms with Crippen LogP contribution in [0.4, 0.5) is 0 Å². The van der Waals surface area contributed by atoms with E-state index >= 15 is 0 Å². The number of rotatable bonds is 5. The van der Waals surface area contributed by atoms with E-state index in [0.29, 0.717) is 10.9 Å². The molecule has 0 bridgehead atoms. The number of piperidine rings is 1. The lowest BCUT2D eigenvalue weighted by molar-refractivity contribution is -0.174. The summed E-state index contributed by atoms with van der Waals surface area (Å²) in [6.45, 7) is 9.64. The molecule has 4 heterocycles. The monoisotopic (exact) mass is 593 g/mol. The van der Waals surface area contributed by atoms with Crippen LogP contribution in [0.5, 0.6) is 5.75 Å². The summed E-state index contributed by atoms with van der Waals surface area (Å²) in [5, 5.41) is 0.716. The van der Waals surface area contributed by atoms with Gasteiger partial charge in [0.1, 0.15) is 11.4 Å². The summed E-state index contributed by atoms with van der Waals surface area (Å²) < 4.78 is 37.4.